The summed E-state index contributed by atoms with van der Waals surface area (Å²) in [4.78, 5) is 43.1. The van der Waals surface area contributed by atoms with E-state index in [9.17, 15) is 14.4 Å². The Kier molecular flexibility index (Phi) is 17.0. The summed E-state index contributed by atoms with van der Waals surface area (Å²) < 4.78 is 27.4. The van der Waals surface area contributed by atoms with Gasteiger partial charge in [0, 0.05) is 34.5 Å². The second kappa shape index (κ2) is 22.3. The zero-order chi connectivity index (χ0) is 40.5. The van der Waals surface area contributed by atoms with Gasteiger partial charge in [0.1, 0.15) is 5.60 Å². The summed E-state index contributed by atoms with van der Waals surface area (Å²) >= 11 is 6.41. The van der Waals surface area contributed by atoms with Crippen molar-refractivity contribution in [1.82, 2.24) is 10.3 Å². The van der Waals surface area contributed by atoms with Crippen molar-refractivity contribution in [2.45, 2.75) is 70.9 Å². The summed E-state index contributed by atoms with van der Waals surface area (Å²) in [5.74, 6) is -0.728. The van der Waals surface area contributed by atoms with E-state index in [0.717, 1.165) is 37.7 Å². The molecule has 5 rings (SSSR count). The number of halogens is 1. The molecular formula is C45H54ClN3O8. The molecule has 0 saturated carbocycles. The zero-order valence-electron chi connectivity index (χ0n) is 33.2. The molecule has 11 nitrogen and oxygen atoms in total. The molecule has 0 radical (unpaired) electrons. The van der Waals surface area contributed by atoms with Crippen molar-refractivity contribution in [3.63, 3.8) is 0 Å². The number of rotatable bonds is 21. The first-order valence-electron chi connectivity index (χ1n) is 19.6. The van der Waals surface area contributed by atoms with E-state index in [2.05, 4.69) is 27.8 Å². The van der Waals surface area contributed by atoms with Gasteiger partial charge in [0.05, 0.1) is 70.1 Å². The monoisotopic (exact) mass is 799 g/mol. The summed E-state index contributed by atoms with van der Waals surface area (Å²) in [6.45, 7) is 9.00. The number of nitrogens with zero attached hydrogens (tertiary/aromatic N) is 1. The molecule has 4 aromatic rings. The third kappa shape index (κ3) is 14.7. The van der Waals surface area contributed by atoms with E-state index in [1.54, 1.807) is 42.6 Å². The van der Waals surface area contributed by atoms with Gasteiger partial charge in [-0.2, -0.15) is 0 Å². The summed E-state index contributed by atoms with van der Waals surface area (Å²) in [6.07, 6.45) is 6.25. The molecule has 0 bridgehead atoms. The van der Waals surface area contributed by atoms with Crippen LogP contribution in [0.5, 0.6) is 0 Å². The maximum Gasteiger partial charge on any atom is 0.308 e. The van der Waals surface area contributed by atoms with Crippen LogP contribution in [-0.4, -0.2) is 81.2 Å². The fraction of sp³-hybridized carbons (Fsp3) is 0.422. The van der Waals surface area contributed by atoms with Crippen LogP contribution in [0.4, 0.5) is 5.69 Å². The van der Waals surface area contributed by atoms with Gasteiger partial charge < -0.3 is 34.3 Å². The van der Waals surface area contributed by atoms with Crippen molar-refractivity contribution in [3.05, 3.63) is 118 Å². The Hall–Kier alpha value is -4.65. The largest absolute Gasteiger partial charge is 0.460 e. The van der Waals surface area contributed by atoms with Gasteiger partial charge in [-0.3, -0.25) is 19.4 Å². The number of nitrogens with one attached hydrogen (secondary N) is 2. The van der Waals surface area contributed by atoms with E-state index in [1.807, 2.05) is 51.1 Å². The van der Waals surface area contributed by atoms with Crippen molar-refractivity contribution in [3.8, 4) is 11.3 Å². The van der Waals surface area contributed by atoms with E-state index in [4.69, 9.17) is 35.3 Å². The first kappa shape index (κ1) is 43.5. The second-order valence-electron chi connectivity index (χ2n) is 14.8. The molecule has 0 fully saturated rings. The first-order valence-corrected chi connectivity index (χ1v) is 20.0. The molecule has 304 valence electrons. The van der Waals surface area contributed by atoms with Gasteiger partial charge >= 0.3 is 5.97 Å². The maximum absolute atomic E-state index is 13.5. The van der Waals surface area contributed by atoms with Gasteiger partial charge in [0.15, 0.2) is 0 Å². The van der Waals surface area contributed by atoms with Gasteiger partial charge in [-0.1, -0.05) is 48.0 Å². The SMILES string of the molecule is CC(C)(C)OC(=O)CCOCCOCCOCCOCCCc1cccc(C(=O)Nc2ccc(Cl)cc2-c2cc(C(=O)NC3CCCc4ccccc43)ccn2)c1. The molecule has 1 aliphatic carbocycles. The van der Waals surface area contributed by atoms with Crippen molar-refractivity contribution in [2.24, 2.45) is 0 Å². The Balaban J connectivity index is 1.01. The number of carbonyl (C=O) groups is 3. The Labute approximate surface area is 340 Å². The van der Waals surface area contributed by atoms with E-state index >= 15 is 0 Å². The van der Waals surface area contributed by atoms with Crippen molar-refractivity contribution >= 4 is 35.1 Å². The predicted molar refractivity (Wildman–Crippen MR) is 221 cm³/mol. The third-order valence-corrected chi connectivity index (χ3v) is 9.37. The first-order chi connectivity index (χ1) is 27.6. The fourth-order valence-electron chi connectivity index (χ4n) is 6.45. The zero-order valence-corrected chi connectivity index (χ0v) is 33.9. The summed E-state index contributed by atoms with van der Waals surface area (Å²) in [6, 6.07) is 24.3. The van der Waals surface area contributed by atoms with E-state index < -0.39 is 5.60 Å². The molecule has 1 atom stereocenters. The normalized spacial score (nSPS) is 13.8. The van der Waals surface area contributed by atoms with E-state index in [-0.39, 0.29) is 30.2 Å². The van der Waals surface area contributed by atoms with Crippen molar-refractivity contribution in [1.29, 1.82) is 0 Å². The van der Waals surface area contributed by atoms with Crippen molar-refractivity contribution in [2.75, 3.05) is 58.2 Å². The molecule has 12 heteroatoms. The number of carbonyl (C=O) groups excluding carboxylic acids is 3. The lowest BCUT2D eigenvalue weighted by Crippen LogP contribution is -2.31. The molecule has 0 saturated heterocycles. The number of aryl methyl sites for hydroxylation is 2. The van der Waals surface area contributed by atoms with Gasteiger partial charge in [0.2, 0.25) is 0 Å². The molecule has 0 aliphatic heterocycles. The number of anilines is 1. The standard InChI is InChI=1S/C45H54ClN3O8/c1-45(2,3)57-42(50)19-22-54-24-26-56-28-27-55-25-23-53-21-8-10-32-9-6-13-34(29-32)43(51)49-40-17-16-36(46)31-38(40)41-30-35(18-20-47-41)44(52)48-39-15-7-12-33-11-4-5-14-37(33)39/h4-6,9,11,13-14,16-18,20,29-31,39H,7-8,10,12,15,19,21-28H2,1-3H3,(H,48,52)(H,49,51). The summed E-state index contributed by atoms with van der Waals surface area (Å²) in [5, 5.41) is 6.72. The van der Waals surface area contributed by atoms with Crippen LogP contribution in [0.25, 0.3) is 11.3 Å². The molecule has 1 aromatic heterocycles. The molecule has 0 spiro atoms. The Morgan fingerprint density at radius 1 is 0.772 bits per heavy atom. The molecular weight excluding hydrogens is 746 g/mol. The van der Waals surface area contributed by atoms with Gasteiger partial charge in [0.25, 0.3) is 11.8 Å². The van der Waals surface area contributed by atoms with Crippen LogP contribution >= 0.6 is 11.6 Å². The molecule has 1 heterocycles. The van der Waals surface area contributed by atoms with Gasteiger partial charge in [-0.25, -0.2) is 0 Å². The minimum atomic E-state index is -0.492. The van der Waals surface area contributed by atoms with Crippen LogP contribution in [0.2, 0.25) is 5.02 Å². The second-order valence-corrected chi connectivity index (χ2v) is 15.2. The average Bonchev–Trinajstić information content (AvgIpc) is 3.19. The number of pyridine rings is 1. The lowest BCUT2D eigenvalue weighted by molar-refractivity contribution is -0.156. The lowest BCUT2D eigenvalue weighted by atomic mass is 9.87. The van der Waals surface area contributed by atoms with Gasteiger partial charge in [-0.15, -0.1) is 0 Å². The summed E-state index contributed by atoms with van der Waals surface area (Å²) in [7, 11) is 0. The number of benzene rings is 3. The highest BCUT2D eigenvalue weighted by Gasteiger charge is 2.23. The predicted octanol–water partition coefficient (Wildman–Crippen LogP) is 8.19. The highest BCUT2D eigenvalue weighted by Crippen LogP contribution is 2.32. The summed E-state index contributed by atoms with van der Waals surface area (Å²) in [5.41, 5.74) is 5.62. The molecule has 1 unspecified atom stereocenters. The molecule has 57 heavy (non-hydrogen) atoms. The van der Waals surface area contributed by atoms with Crippen molar-refractivity contribution < 1.29 is 38.1 Å². The highest BCUT2D eigenvalue weighted by atomic mass is 35.5. The smallest absolute Gasteiger partial charge is 0.308 e. The number of hydrogen-bond acceptors (Lipinski definition) is 9. The molecule has 1 aliphatic rings. The topological polar surface area (TPSA) is 134 Å². The van der Waals surface area contributed by atoms with Crippen LogP contribution < -0.4 is 10.6 Å². The minimum Gasteiger partial charge on any atom is -0.460 e. The Bertz CT molecular complexity index is 1930. The van der Waals surface area contributed by atoms with Gasteiger partial charge in [-0.05, 0) is 112 Å². The number of aromatic nitrogens is 1. The Morgan fingerprint density at radius 2 is 1.47 bits per heavy atom. The van der Waals surface area contributed by atoms with Crippen LogP contribution in [0, 0.1) is 0 Å². The number of fused-ring (bicyclic) bond motifs is 1. The Morgan fingerprint density at radius 3 is 2.23 bits per heavy atom. The maximum atomic E-state index is 13.5. The highest BCUT2D eigenvalue weighted by molar-refractivity contribution is 6.31. The van der Waals surface area contributed by atoms with Crippen LogP contribution in [0.3, 0.4) is 0 Å². The number of amides is 2. The molecule has 2 N–H and O–H groups in total. The van der Waals surface area contributed by atoms with E-state index in [0.29, 0.717) is 85.9 Å². The third-order valence-electron chi connectivity index (χ3n) is 9.13. The molecule has 3 aromatic carbocycles. The number of esters is 1. The quantitative estimate of drug-likeness (QED) is 0.0632. The van der Waals surface area contributed by atoms with Crippen LogP contribution in [0.1, 0.15) is 89.9 Å². The lowest BCUT2D eigenvalue weighted by Gasteiger charge is -2.26. The minimum absolute atomic E-state index is 0.0518. The fourth-order valence-corrected chi connectivity index (χ4v) is 6.62. The van der Waals surface area contributed by atoms with E-state index in [1.165, 1.54) is 11.1 Å². The average molecular weight is 800 g/mol. The number of hydrogen-bond donors (Lipinski definition) is 2. The van der Waals surface area contributed by atoms with Crippen LogP contribution in [0.15, 0.2) is 85.1 Å². The molecule has 2 amide bonds. The number of ether oxygens (including phenoxy) is 5. The van der Waals surface area contributed by atoms with Crippen LogP contribution in [-0.2, 0) is 41.3 Å².